The summed E-state index contributed by atoms with van der Waals surface area (Å²) in [6.45, 7) is 5.25. The summed E-state index contributed by atoms with van der Waals surface area (Å²) in [5, 5.41) is 4.38. The second-order valence-corrected chi connectivity index (χ2v) is 7.50. The summed E-state index contributed by atoms with van der Waals surface area (Å²) in [6, 6.07) is 13.6. The van der Waals surface area contributed by atoms with Crippen molar-refractivity contribution in [2.24, 2.45) is 10.7 Å². The van der Waals surface area contributed by atoms with E-state index in [0.717, 1.165) is 23.5 Å². The number of aromatic nitrogens is 2. The molecule has 3 N–H and O–H groups in total. The lowest BCUT2D eigenvalue weighted by atomic mass is 10.1. The van der Waals surface area contributed by atoms with Crippen LogP contribution in [0.4, 0.5) is 0 Å². The molecule has 3 rings (SSSR count). The highest BCUT2D eigenvalue weighted by Crippen LogP contribution is 2.25. The summed E-state index contributed by atoms with van der Waals surface area (Å²) in [5.74, 6) is 1.36. The van der Waals surface area contributed by atoms with Crippen LogP contribution in [0.5, 0.6) is 0 Å². The number of rotatable bonds is 6. The van der Waals surface area contributed by atoms with E-state index in [0.29, 0.717) is 22.5 Å². The summed E-state index contributed by atoms with van der Waals surface area (Å²) < 4.78 is 2.11. The van der Waals surface area contributed by atoms with Gasteiger partial charge in [0.1, 0.15) is 5.82 Å². The van der Waals surface area contributed by atoms with Crippen LogP contribution in [0.3, 0.4) is 0 Å². The third-order valence-corrected chi connectivity index (χ3v) is 5.06. The lowest BCUT2D eigenvalue weighted by Crippen LogP contribution is -2.34. The van der Waals surface area contributed by atoms with Crippen molar-refractivity contribution in [3.63, 3.8) is 0 Å². The molecule has 3 aromatic rings. The number of imidazole rings is 1. The van der Waals surface area contributed by atoms with Crippen molar-refractivity contribution in [3.05, 3.63) is 87.4 Å². The molecular formula is C21H23Cl2N5. The van der Waals surface area contributed by atoms with Crippen LogP contribution in [0.15, 0.2) is 59.9 Å². The standard InChI is InChI=1S/C21H23Cl2N5/c1-14(19-7-6-18(22)11-20(19)23)27-21(24)26-12-16-4-3-5-17(10-16)13-28-9-8-25-15(28)2/h3-11,14H,12-13H2,1-2H3,(H3,24,26,27). The lowest BCUT2D eigenvalue weighted by molar-refractivity contribution is 0.708. The zero-order valence-corrected chi connectivity index (χ0v) is 17.4. The largest absolute Gasteiger partial charge is 0.370 e. The van der Waals surface area contributed by atoms with Gasteiger partial charge in [0.15, 0.2) is 5.96 Å². The monoisotopic (exact) mass is 415 g/mol. The molecule has 5 nitrogen and oxygen atoms in total. The van der Waals surface area contributed by atoms with Crippen LogP contribution in [-0.4, -0.2) is 15.5 Å². The Morgan fingerprint density at radius 3 is 2.71 bits per heavy atom. The summed E-state index contributed by atoms with van der Waals surface area (Å²) in [7, 11) is 0. The Hall–Kier alpha value is -2.50. The molecule has 7 heteroatoms. The normalized spacial score (nSPS) is 12.8. The van der Waals surface area contributed by atoms with Crippen molar-refractivity contribution in [1.82, 2.24) is 14.9 Å². The van der Waals surface area contributed by atoms with E-state index in [9.17, 15) is 0 Å². The summed E-state index contributed by atoms with van der Waals surface area (Å²) in [4.78, 5) is 8.72. The highest BCUT2D eigenvalue weighted by atomic mass is 35.5. The highest BCUT2D eigenvalue weighted by molar-refractivity contribution is 6.35. The van der Waals surface area contributed by atoms with Gasteiger partial charge in [0.2, 0.25) is 0 Å². The van der Waals surface area contributed by atoms with Gasteiger partial charge in [0.25, 0.3) is 0 Å². The number of hydrogen-bond acceptors (Lipinski definition) is 2. The smallest absolute Gasteiger partial charge is 0.189 e. The van der Waals surface area contributed by atoms with Gasteiger partial charge in [-0.05, 0) is 42.7 Å². The Kier molecular flexibility index (Phi) is 6.60. The van der Waals surface area contributed by atoms with Crippen molar-refractivity contribution in [2.45, 2.75) is 33.0 Å². The van der Waals surface area contributed by atoms with Gasteiger partial charge in [-0.15, -0.1) is 0 Å². The number of aliphatic imine (C=N–C) groups is 1. The number of hydrogen-bond donors (Lipinski definition) is 2. The van der Waals surface area contributed by atoms with E-state index in [2.05, 4.69) is 32.0 Å². The topological polar surface area (TPSA) is 68.2 Å². The minimum Gasteiger partial charge on any atom is -0.370 e. The Bertz CT molecular complexity index is 980. The van der Waals surface area contributed by atoms with Crippen LogP contribution >= 0.6 is 23.2 Å². The van der Waals surface area contributed by atoms with Gasteiger partial charge in [0, 0.05) is 29.0 Å². The average Bonchev–Trinajstić information content (AvgIpc) is 3.05. The quantitative estimate of drug-likeness (QED) is 0.452. The molecule has 146 valence electrons. The van der Waals surface area contributed by atoms with E-state index in [1.54, 1.807) is 6.07 Å². The first-order valence-corrected chi connectivity index (χ1v) is 9.75. The third kappa shape index (κ3) is 5.27. The number of nitrogens with zero attached hydrogens (tertiary/aromatic N) is 3. The van der Waals surface area contributed by atoms with Crippen molar-refractivity contribution >= 4 is 29.2 Å². The Morgan fingerprint density at radius 2 is 2.00 bits per heavy atom. The zero-order valence-electron chi connectivity index (χ0n) is 15.9. The maximum absolute atomic E-state index is 6.26. The van der Waals surface area contributed by atoms with Crippen LogP contribution in [0.1, 0.15) is 35.5 Å². The van der Waals surface area contributed by atoms with Gasteiger partial charge >= 0.3 is 0 Å². The first-order valence-electron chi connectivity index (χ1n) is 8.99. The predicted octanol–water partition coefficient (Wildman–Crippen LogP) is 4.71. The Morgan fingerprint density at radius 1 is 1.21 bits per heavy atom. The summed E-state index contributed by atoms with van der Waals surface area (Å²) in [5.41, 5.74) is 9.27. The number of guanidine groups is 1. The van der Waals surface area contributed by atoms with Gasteiger partial charge in [0.05, 0.1) is 12.6 Å². The molecule has 0 bridgehead atoms. The molecular weight excluding hydrogens is 393 g/mol. The molecule has 0 aliphatic rings. The Balaban J connectivity index is 1.62. The van der Waals surface area contributed by atoms with E-state index in [1.165, 1.54) is 5.56 Å². The van der Waals surface area contributed by atoms with E-state index in [1.807, 2.05) is 50.5 Å². The molecule has 0 spiro atoms. The van der Waals surface area contributed by atoms with Crippen molar-refractivity contribution in [1.29, 1.82) is 0 Å². The van der Waals surface area contributed by atoms with Gasteiger partial charge in [-0.1, -0.05) is 53.5 Å². The molecule has 2 aromatic carbocycles. The summed E-state index contributed by atoms with van der Waals surface area (Å²) in [6.07, 6.45) is 3.79. The average molecular weight is 416 g/mol. The van der Waals surface area contributed by atoms with Crippen molar-refractivity contribution < 1.29 is 0 Å². The Labute approximate surface area is 175 Å². The van der Waals surface area contributed by atoms with E-state index in [4.69, 9.17) is 28.9 Å². The second kappa shape index (κ2) is 9.13. The maximum Gasteiger partial charge on any atom is 0.189 e. The number of aryl methyl sites for hydroxylation is 1. The van der Waals surface area contributed by atoms with Crippen LogP contribution in [0, 0.1) is 6.92 Å². The molecule has 0 fully saturated rings. The van der Waals surface area contributed by atoms with Crippen LogP contribution in [0.25, 0.3) is 0 Å². The zero-order chi connectivity index (χ0) is 20.1. The number of halogens is 2. The molecule has 0 aliphatic carbocycles. The molecule has 1 unspecified atom stereocenters. The van der Waals surface area contributed by atoms with Gasteiger partial charge in [-0.25, -0.2) is 9.98 Å². The number of benzene rings is 2. The number of nitrogens with one attached hydrogen (secondary N) is 1. The SMILES string of the molecule is Cc1nccn1Cc1cccc(CN=C(N)NC(C)c2ccc(Cl)cc2Cl)c1. The molecule has 0 amide bonds. The fraction of sp³-hybridized carbons (Fsp3) is 0.238. The molecule has 0 saturated carbocycles. The van der Waals surface area contributed by atoms with Crippen molar-refractivity contribution in [3.8, 4) is 0 Å². The molecule has 0 saturated heterocycles. The van der Waals surface area contributed by atoms with Crippen LogP contribution < -0.4 is 11.1 Å². The first-order chi connectivity index (χ1) is 13.4. The first kappa shape index (κ1) is 20.2. The minimum atomic E-state index is -0.0796. The lowest BCUT2D eigenvalue weighted by Gasteiger charge is -2.16. The molecule has 1 aromatic heterocycles. The molecule has 28 heavy (non-hydrogen) atoms. The third-order valence-electron chi connectivity index (χ3n) is 4.49. The van der Waals surface area contributed by atoms with Gasteiger partial charge in [-0.3, -0.25) is 0 Å². The van der Waals surface area contributed by atoms with E-state index < -0.39 is 0 Å². The van der Waals surface area contributed by atoms with Crippen LogP contribution in [0.2, 0.25) is 10.0 Å². The fourth-order valence-electron chi connectivity index (χ4n) is 2.97. The highest BCUT2D eigenvalue weighted by Gasteiger charge is 2.10. The van der Waals surface area contributed by atoms with E-state index >= 15 is 0 Å². The maximum atomic E-state index is 6.26. The minimum absolute atomic E-state index is 0.0796. The predicted molar refractivity (Wildman–Crippen MR) is 116 cm³/mol. The van der Waals surface area contributed by atoms with Gasteiger partial charge < -0.3 is 15.6 Å². The van der Waals surface area contributed by atoms with Gasteiger partial charge in [-0.2, -0.15) is 0 Å². The molecule has 0 aliphatic heterocycles. The van der Waals surface area contributed by atoms with E-state index in [-0.39, 0.29) is 6.04 Å². The molecule has 1 heterocycles. The molecule has 0 radical (unpaired) electrons. The van der Waals surface area contributed by atoms with Crippen molar-refractivity contribution in [2.75, 3.05) is 0 Å². The molecule has 1 atom stereocenters. The van der Waals surface area contributed by atoms with Crippen LogP contribution in [-0.2, 0) is 13.1 Å². The second-order valence-electron chi connectivity index (χ2n) is 6.66. The summed E-state index contributed by atoms with van der Waals surface area (Å²) >= 11 is 12.2. The number of nitrogens with two attached hydrogens (primary N) is 1. The fourth-order valence-corrected chi connectivity index (χ4v) is 3.54.